The van der Waals surface area contributed by atoms with Gasteiger partial charge in [0.15, 0.2) is 0 Å². The van der Waals surface area contributed by atoms with Crippen molar-refractivity contribution in [2.24, 2.45) is 0 Å². The zero-order chi connectivity index (χ0) is 24.0. The van der Waals surface area contributed by atoms with Crippen LogP contribution in [0.5, 0.6) is 5.75 Å². The summed E-state index contributed by atoms with van der Waals surface area (Å²) in [7, 11) is 1.66. The molecule has 1 fully saturated rings. The van der Waals surface area contributed by atoms with Gasteiger partial charge >= 0.3 is 0 Å². The molecule has 0 unspecified atom stereocenters. The van der Waals surface area contributed by atoms with E-state index in [1.54, 1.807) is 25.6 Å². The molecule has 2 aliphatic heterocycles. The lowest BCUT2D eigenvalue weighted by Gasteiger charge is -2.56. The molecule has 2 aromatic carbocycles. The Bertz CT molecular complexity index is 1360. The molecule has 7 heteroatoms. The smallest absolute Gasteiger partial charge is 0.255 e. The van der Waals surface area contributed by atoms with Crippen LogP contribution in [0.4, 0.5) is 0 Å². The molecular weight excluding hydrogens is 440 g/mol. The lowest BCUT2D eigenvalue weighted by atomic mass is 9.68. The molecule has 178 valence electrons. The predicted molar refractivity (Wildman–Crippen MR) is 133 cm³/mol. The zero-order valence-corrected chi connectivity index (χ0v) is 19.6. The minimum absolute atomic E-state index is 0.00526. The molecule has 35 heavy (non-hydrogen) atoms. The summed E-state index contributed by atoms with van der Waals surface area (Å²) in [6.45, 7) is 2.74. The monoisotopic (exact) mass is 468 g/mol. The number of fused-ring (bicyclic) bond motifs is 4. The van der Waals surface area contributed by atoms with Crippen LogP contribution in [0.1, 0.15) is 33.2 Å². The molecule has 2 aliphatic rings. The standard InChI is InChI=1S/C28H28N4O3/c1-35-21-9-10-22-23(12-21)30-26-24(15-33)31(14-19-6-3-2-4-7-19)16-28(25(22)26)17-32(18-28)27(34)20-8-5-11-29-13-20/h2-13,24,30,33H,14-18H2,1H3/t24-/m0/s1. The van der Waals surface area contributed by atoms with Gasteiger partial charge in [-0.15, -0.1) is 0 Å². The van der Waals surface area contributed by atoms with Gasteiger partial charge in [-0.1, -0.05) is 30.3 Å². The van der Waals surface area contributed by atoms with Crippen LogP contribution in [-0.2, 0) is 12.0 Å². The van der Waals surface area contributed by atoms with Gasteiger partial charge in [-0.05, 0) is 35.4 Å². The molecule has 4 aromatic rings. The average molecular weight is 469 g/mol. The van der Waals surface area contributed by atoms with Crippen molar-refractivity contribution >= 4 is 16.8 Å². The summed E-state index contributed by atoms with van der Waals surface area (Å²) in [5.41, 5.74) is 4.83. The van der Waals surface area contributed by atoms with Crippen molar-refractivity contribution in [1.82, 2.24) is 19.8 Å². The van der Waals surface area contributed by atoms with Crippen LogP contribution in [0.2, 0.25) is 0 Å². The van der Waals surface area contributed by atoms with E-state index in [9.17, 15) is 9.90 Å². The molecule has 1 atom stereocenters. The number of H-pyrrole nitrogens is 1. The third-order valence-electron chi connectivity index (χ3n) is 7.43. The summed E-state index contributed by atoms with van der Waals surface area (Å²) in [6, 6.07) is 19.9. The first kappa shape index (κ1) is 21.8. The van der Waals surface area contributed by atoms with Gasteiger partial charge in [0.25, 0.3) is 5.91 Å². The maximum atomic E-state index is 13.2. The fourth-order valence-electron chi connectivity index (χ4n) is 5.86. The number of pyridine rings is 1. The number of hydrogen-bond donors (Lipinski definition) is 2. The molecule has 2 N–H and O–H groups in total. The Balaban J connectivity index is 1.41. The summed E-state index contributed by atoms with van der Waals surface area (Å²) in [4.78, 5) is 25.1. The van der Waals surface area contributed by atoms with Crippen molar-refractivity contribution in [3.05, 3.63) is 95.4 Å². The maximum Gasteiger partial charge on any atom is 0.255 e. The van der Waals surface area contributed by atoms with Crippen LogP contribution in [0.25, 0.3) is 10.9 Å². The Morgan fingerprint density at radius 3 is 2.69 bits per heavy atom. The van der Waals surface area contributed by atoms with Crippen LogP contribution < -0.4 is 4.74 Å². The van der Waals surface area contributed by atoms with Gasteiger partial charge in [0.05, 0.1) is 25.3 Å². The number of aromatic amines is 1. The molecule has 0 saturated carbocycles. The first-order chi connectivity index (χ1) is 17.1. The van der Waals surface area contributed by atoms with E-state index >= 15 is 0 Å². The van der Waals surface area contributed by atoms with E-state index in [4.69, 9.17) is 4.74 Å². The normalized spacial score (nSPS) is 18.9. The number of aromatic nitrogens is 2. The van der Waals surface area contributed by atoms with Gasteiger partial charge in [0, 0.05) is 66.7 Å². The lowest BCUT2D eigenvalue weighted by Crippen LogP contribution is -2.67. The SMILES string of the molecule is COc1ccc2c3c([nH]c2c1)[C@H](CO)N(Cc1ccccc1)CC31CN(C(=O)c2cccnc2)C1. The van der Waals surface area contributed by atoms with Crippen LogP contribution in [0.3, 0.4) is 0 Å². The number of benzene rings is 2. The molecular formula is C28H28N4O3. The van der Waals surface area contributed by atoms with Crippen LogP contribution in [0.15, 0.2) is 73.1 Å². The van der Waals surface area contributed by atoms with E-state index < -0.39 is 0 Å². The van der Waals surface area contributed by atoms with Gasteiger partial charge in [-0.2, -0.15) is 0 Å². The number of likely N-dealkylation sites (tertiary alicyclic amines) is 1. The second kappa shape index (κ2) is 8.52. The summed E-state index contributed by atoms with van der Waals surface area (Å²) < 4.78 is 5.46. The Morgan fingerprint density at radius 1 is 1.14 bits per heavy atom. The third kappa shape index (κ3) is 3.59. The van der Waals surface area contributed by atoms with E-state index in [-0.39, 0.29) is 24.0 Å². The average Bonchev–Trinajstić information content (AvgIpc) is 3.26. The minimum Gasteiger partial charge on any atom is -0.497 e. The number of ether oxygens (including phenoxy) is 1. The molecule has 0 aliphatic carbocycles. The first-order valence-corrected chi connectivity index (χ1v) is 11.9. The zero-order valence-electron chi connectivity index (χ0n) is 19.6. The molecule has 1 amide bonds. The maximum absolute atomic E-state index is 13.2. The van der Waals surface area contributed by atoms with E-state index in [1.807, 2.05) is 41.3 Å². The fourth-order valence-corrected chi connectivity index (χ4v) is 5.86. The Labute approximate surface area is 204 Å². The number of hydrogen-bond acceptors (Lipinski definition) is 5. The predicted octanol–water partition coefficient (Wildman–Crippen LogP) is 3.51. The largest absolute Gasteiger partial charge is 0.497 e. The summed E-state index contributed by atoms with van der Waals surface area (Å²) in [6.07, 6.45) is 3.31. The highest BCUT2D eigenvalue weighted by Crippen LogP contribution is 2.49. The minimum atomic E-state index is -0.222. The number of carbonyl (C=O) groups is 1. The van der Waals surface area contributed by atoms with E-state index in [0.717, 1.165) is 35.4 Å². The van der Waals surface area contributed by atoms with E-state index in [0.29, 0.717) is 18.7 Å². The second-order valence-electron chi connectivity index (χ2n) is 9.60. The number of amides is 1. The van der Waals surface area contributed by atoms with Crippen LogP contribution in [-0.4, -0.2) is 64.1 Å². The number of nitrogens with one attached hydrogen (secondary N) is 1. The summed E-state index contributed by atoms with van der Waals surface area (Å²) in [5, 5.41) is 11.6. The quantitative estimate of drug-likeness (QED) is 0.469. The van der Waals surface area contributed by atoms with Crippen molar-refractivity contribution < 1.29 is 14.6 Å². The number of aliphatic hydroxyl groups excluding tert-OH is 1. The number of carbonyl (C=O) groups excluding carboxylic acids is 1. The number of methoxy groups -OCH3 is 1. The van der Waals surface area contributed by atoms with Gasteiger partial charge in [-0.3, -0.25) is 14.7 Å². The fraction of sp³-hybridized carbons (Fsp3) is 0.286. The van der Waals surface area contributed by atoms with Gasteiger partial charge in [-0.25, -0.2) is 0 Å². The molecule has 1 spiro atoms. The van der Waals surface area contributed by atoms with Crippen molar-refractivity contribution in [2.75, 3.05) is 33.4 Å². The summed E-state index contributed by atoms with van der Waals surface area (Å²) >= 11 is 0. The number of rotatable bonds is 5. The molecule has 0 bridgehead atoms. The van der Waals surface area contributed by atoms with Crippen molar-refractivity contribution in [1.29, 1.82) is 0 Å². The topological polar surface area (TPSA) is 81.7 Å². The van der Waals surface area contributed by atoms with Gasteiger partial charge in [0.1, 0.15) is 5.75 Å². The van der Waals surface area contributed by atoms with Crippen LogP contribution in [0, 0.1) is 0 Å². The van der Waals surface area contributed by atoms with Gasteiger partial charge in [0.2, 0.25) is 0 Å². The number of aliphatic hydroxyl groups is 1. The second-order valence-corrected chi connectivity index (χ2v) is 9.60. The molecule has 0 radical (unpaired) electrons. The van der Waals surface area contributed by atoms with E-state index in [1.165, 1.54) is 11.1 Å². The molecule has 4 heterocycles. The highest BCUT2D eigenvalue weighted by atomic mass is 16.5. The Hall–Kier alpha value is -3.68. The molecule has 1 saturated heterocycles. The first-order valence-electron chi connectivity index (χ1n) is 11.9. The lowest BCUT2D eigenvalue weighted by molar-refractivity contribution is -0.00277. The highest BCUT2D eigenvalue weighted by Gasteiger charge is 2.54. The van der Waals surface area contributed by atoms with E-state index in [2.05, 4.69) is 33.1 Å². The summed E-state index contributed by atoms with van der Waals surface area (Å²) in [5.74, 6) is 0.791. The highest BCUT2D eigenvalue weighted by molar-refractivity contribution is 5.95. The van der Waals surface area contributed by atoms with Crippen molar-refractivity contribution in [3.8, 4) is 5.75 Å². The molecule has 6 rings (SSSR count). The molecule has 2 aromatic heterocycles. The van der Waals surface area contributed by atoms with Crippen molar-refractivity contribution in [3.63, 3.8) is 0 Å². The van der Waals surface area contributed by atoms with Crippen LogP contribution >= 0.6 is 0 Å². The third-order valence-corrected chi connectivity index (χ3v) is 7.43. The number of nitrogens with zero attached hydrogens (tertiary/aromatic N) is 3. The molecule has 7 nitrogen and oxygen atoms in total. The Morgan fingerprint density at radius 2 is 1.97 bits per heavy atom. The van der Waals surface area contributed by atoms with Crippen molar-refractivity contribution in [2.45, 2.75) is 18.0 Å². The Kier molecular flexibility index (Phi) is 5.31. The van der Waals surface area contributed by atoms with Gasteiger partial charge < -0.3 is 19.7 Å².